The van der Waals surface area contributed by atoms with E-state index < -0.39 is 4.92 Å². The third-order valence-electron chi connectivity index (χ3n) is 2.67. The maximum Gasteiger partial charge on any atom is 0.311 e. The van der Waals surface area contributed by atoms with Crippen LogP contribution in [0.5, 0.6) is 17.2 Å². The molecule has 0 saturated heterocycles. The van der Waals surface area contributed by atoms with E-state index in [1.807, 2.05) is 0 Å². The molecule has 0 fully saturated rings. The molecule has 0 saturated carbocycles. The molecular formula is C14H13NO5. The van der Waals surface area contributed by atoms with Crippen LogP contribution in [-0.4, -0.2) is 17.1 Å². The summed E-state index contributed by atoms with van der Waals surface area (Å²) in [5, 5.41) is 20.0. The van der Waals surface area contributed by atoms with Gasteiger partial charge in [0, 0.05) is 12.1 Å². The standard InChI is InChI=1S/C14H13NO5/c1-19-11-3-2-4-12(8-11)20-14-6-5-10(9-16)7-13(14)15(17)18/h2-8,16H,9H2,1H3. The van der Waals surface area contributed by atoms with Crippen LogP contribution in [0.3, 0.4) is 0 Å². The van der Waals surface area contributed by atoms with Crippen molar-refractivity contribution >= 4 is 5.69 Å². The van der Waals surface area contributed by atoms with Crippen LogP contribution < -0.4 is 9.47 Å². The summed E-state index contributed by atoms with van der Waals surface area (Å²) >= 11 is 0. The van der Waals surface area contributed by atoms with Crippen molar-refractivity contribution in [2.24, 2.45) is 0 Å². The highest BCUT2D eigenvalue weighted by Gasteiger charge is 2.16. The molecule has 0 aliphatic carbocycles. The van der Waals surface area contributed by atoms with Crippen LogP contribution in [-0.2, 0) is 6.61 Å². The molecule has 2 aromatic carbocycles. The van der Waals surface area contributed by atoms with Crippen LogP contribution in [0.4, 0.5) is 5.69 Å². The molecule has 0 atom stereocenters. The molecule has 0 unspecified atom stereocenters. The lowest BCUT2D eigenvalue weighted by molar-refractivity contribution is -0.385. The van der Waals surface area contributed by atoms with E-state index in [0.717, 1.165) is 0 Å². The van der Waals surface area contributed by atoms with E-state index in [0.29, 0.717) is 17.1 Å². The van der Waals surface area contributed by atoms with Gasteiger partial charge in [0.05, 0.1) is 18.6 Å². The Bertz CT molecular complexity index is 627. The Hall–Kier alpha value is -2.60. The number of nitro groups is 1. The number of ether oxygens (including phenoxy) is 2. The van der Waals surface area contributed by atoms with Gasteiger partial charge in [-0.1, -0.05) is 12.1 Å². The number of aliphatic hydroxyl groups is 1. The molecule has 2 rings (SSSR count). The molecule has 0 bridgehead atoms. The highest BCUT2D eigenvalue weighted by Crippen LogP contribution is 2.33. The van der Waals surface area contributed by atoms with Gasteiger partial charge in [0.15, 0.2) is 0 Å². The minimum atomic E-state index is -0.547. The SMILES string of the molecule is COc1cccc(Oc2ccc(CO)cc2[N+](=O)[O-])c1. The molecule has 0 aliphatic heterocycles. The van der Waals surface area contributed by atoms with Crippen molar-refractivity contribution < 1.29 is 19.5 Å². The van der Waals surface area contributed by atoms with Crippen molar-refractivity contribution in [3.8, 4) is 17.2 Å². The van der Waals surface area contributed by atoms with Gasteiger partial charge >= 0.3 is 5.69 Å². The smallest absolute Gasteiger partial charge is 0.311 e. The van der Waals surface area contributed by atoms with Crippen molar-refractivity contribution in [3.05, 3.63) is 58.1 Å². The van der Waals surface area contributed by atoms with Crippen LogP contribution in [0.15, 0.2) is 42.5 Å². The van der Waals surface area contributed by atoms with Gasteiger partial charge in [0.2, 0.25) is 5.75 Å². The fraction of sp³-hybridized carbons (Fsp3) is 0.143. The fourth-order valence-corrected chi connectivity index (χ4v) is 1.68. The maximum absolute atomic E-state index is 11.0. The van der Waals surface area contributed by atoms with Crippen molar-refractivity contribution in [2.75, 3.05) is 7.11 Å². The first-order chi connectivity index (χ1) is 9.63. The van der Waals surface area contributed by atoms with E-state index in [4.69, 9.17) is 14.6 Å². The molecule has 0 spiro atoms. The molecule has 104 valence electrons. The predicted molar refractivity (Wildman–Crippen MR) is 72.1 cm³/mol. The number of nitro benzene ring substituents is 1. The number of rotatable bonds is 5. The number of hydrogen-bond acceptors (Lipinski definition) is 5. The van der Waals surface area contributed by atoms with Gasteiger partial charge in [-0.25, -0.2) is 0 Å². The van der Waals surface area contributed by atoms with Gasteiger partial charge in [-0.3, -0.25) is 10.1 Å². The Morgan fingerprint density at radius 2 is 1.95 bits per heavy atom. The lowest BCUT2D eigenvalue weighted by Crippen LogP contribution is -1.95. The molecule has 0 aliphatic rings. The number of hydrogen-bond donors (Lipinski definition) is 1. The van der Waals surface area contributed by atoms with Gasteiger partial charge in [0.1, 0.15) is 11.5 Å². The highest BCUT2D eigenvalue weighted by atomic mass is 16.6. The second-order valence-electron chi connectivity index (χ2n) is 4.00. The second-order valence-corrected chi connectivity index (χ2v) is 4.00. The normalized spacial score (nSPS) is 10.1. The summed E-state index contributed by atoms with van der Waals surface area (Å²) in [6.45, 7) is -0.264. The molecule has 0 heterocycles. The van der Waals surface area contributed by atoms with Gasteiger partial charge in [-0.15, -0.1) is 0 Å². The Balaban J connectivity index is 2.34. The number of aliphatic hydroxyl groups excluding tert-OH is 1. The largest absolute Gasteiger partial charge is 0.497 e. The Kier molecular flexibility index (Phi) is 4.17. The Morgan fingerprint density at radius 1 is 1.20 bits per heavy atom. The summed E-state index contributed by atoms with van der Waals surface area (Å²) in [5.41, 5.74) is 0.258. The minimum Gasteiger partial charge on any atom is -0.497 e. The summed E-state index contributed by atoms with van der Waals surface area (Å²) in [5.74, 6) is 1.14. The van der Waals surface area contributed by atoms with Crippen LogP contribution in [0.2, 0.25) is 0 Å². The molecule has 0 aromatic heterocycles. The number of nitrogens with zero attached hydrogens (tertiary/aromatic N) is 1. The minimum absolute atomic E-state index is 0.112. The summed E-state index contributed by atoms with van der Waals surface area (Å²) in [7, 11) is 1.53. The molecular weight excluding hydrogens is 262 g/mol. The quantitative estimate of drug-likeness (QED) is 0.670. The molecule has 2 aromatic rings. The molecule has 20 heavy (non-hydrogen) atoms. The zero-order valence-electron chi connectivity index (χ0n) is 10.8. The lowest BCUT2D eigenvalue weighted by Gasteiger charge is -2.08. The highest BCUT2D eigenvalue weighted by molar-refractivity contribution is 5.51. The number of benzene rings is 2. The summed E-state index contributed by atoms with van der Waals surface area (Å²) in [6.07, 6.45) is 0. The van der Waals surface area contributed by atoms with Gasteiger partial charge < -0.3 is 14.6 Å². The van der Waals surface area contributed by atoms with Crippen molar-refractivity contribution in [2.45, 2.75) is 6.61 Å². The molecule has 0 radical (unpaired) electrons. The van der Waals surface area contributed by atoms with Crippen LogP contribution in [0.1, 0.15) is 5.56 Å². The van der Waals surface area contributed by atoms with Crippen LogP contribution >= 0.6 is 0 Å². The first-order valence-corrected chi connectivity index (χ1v) is 5.84. The zero-order valence-corrected chi connectivity index (χ0v) is 10.8. The summed E-state index contributed by atoms with van der Waals surface area (Å²) in [4.78, 5) is 10.5. The predicted octanol–water partition coefficient (Wildman–Crippen LogP) is 2.89. The Morgan fingerprint density at radius 3 is 2.60 bits per heavy atom. The van der Waals surface area contributed by atoms with E-state index in [1.165, 1.54) is 19.2 Å². The average Bonchev–Trinajstić information content (AvgIpc) is 2.47. The van der Waals surface area contributed by atoms with E-state index in [2.05, 4.69) is 0 Å². The Labute approximate surface area is 115 Å². The lowest BCUT2D eigenvalue weighted by atomic mass is 10.2. The van der Waals surface area contributed by atoms with Crippen molar-refractivity contribution in [1.29, 1.82) is 0 Å². The van der Waals surface area contributed by atoms with Gasteiger partial charge in [0.25, 0.3) is 0 Å². The van der Waals surface area contributed by atoms with Crippen molar-refractivity contribution in [1.82, 2.24) is 0 Å². The first-order valence-electron chi connectivity index (χ1n) is 5.84. The summed E-state index contributed by atoms with van der Waals surface area (Å²) in [6, 6.07) is 11.1. The number of methoxy groups -OCH3 is 1. The zero-order chi connectivity index (χ0) is 14.5. The maximum atomic E-state index is 11.0. The van der Waals surface area contributed by atoms with Gasteiger partial charge in [-0.05, 0) is 23.8 Å². The van der Waals surface area contributed by atoms with E-state index in [1.54, 1.807) is 30.3 Å². The second kappa shape index (κ2) is 6.03. The van der Waals surface area contributed by atoms with E-state index >= 15 is 0 Å². The molecule has 6 nitrogen and oxygen atoms in total. The fourth-order valence-electron chi connectivity index (χ4n) is 1.68. The third-order valence-corrected chi connectivity index (χ3v) is 2.67. The monoisotopic (exact) mass is 275 g/mol. The van der Waals surface area contributed by atoms with Crippen LogP contribution in [0.25, 0.3) is 0 Å². The topological polar surface area (TPSA) is 81.8 Å². The van der Waals surface area contributed by atoms with E-state index in [-0.39, 0.29) is 18.0 Å². The molecule has 6 heteroatoms. The van der Waals surface area contributed by atoms with Crippen LogP contribution in [0, 0.1) is 10.1 Å². The molecule has 1 N–H and O–H groups in total. The third kappa shape index (κ3) is 3.04. The van der Waals surface area contributed by atoms with E-state index in [9.17, 15) is 10.1 Å². The summed E-state index contributed by atoms with van der Waals surface area (Å²) < 4.78 is 10.6. The van der Waals surface area contributed by atoms with Gasteiger partial charge in [-0.2, -0.15) is 0 Å². The van der Waals surface area contributed by atoms with Crippen molar-refractivity contribution in [3.63, 3.8) is 0 Å². The average molecular weight is 275 g/mol. The first kappa shape index (κ1) is 13.8. The molecule has 0 amide bonds.